The van der Waals surface area contributed by atoms with Crippen LogP contribution in [0, 0.1) is 11.8 Å². The highest BCUT2D eigenvalue weighted by molar-refractivity contribution is 4.93. The van der Waals surface area contributed by atoms with E-state index in [1.807, 2.05) is 6.92 Å². The van der Waals surface area contributed by atoms with Gasteiger partial charge in [-0.1, -0.05) is 33.6 Å². The van der Waals surface area contributed by atoms with Crippen molar-refractivity contribution in [1.82, 2.24) is 0 Å². The molecule has 0 heterocycles. The molecule has 1 aliphatic rings. The molecular formula is C16H32O2. The van der Waals surface area contributed by atoms with E-state index >= 15 is 0 Å². The van der Waals surface area contributed by atoms with E-state index in [0.29, 0.717) is 12.5 Å². The van der Waals surface area contributed by atoms with E-state index < -0.39 is 0 Å². The van der Waals surface area contributed by atoms with Gasteiger partial charge in [0.15, 0.2) is 0 Å². The van der Waals surface area contributed by atoms with E-state index in [4.69, 9.17) is 4.74 Å². The summed E-state index contributed by atoms with van der Waals surface area (Å²) < 4.78 is 6.02. The second-order valence-corrected chi connectivity index (χ2v) is 6.11. The standard InChI is InChI=1S/C16H32O2/c1-5-14(6-2)12-15(17)16(18-7-3)10-8-13(4)9-11-16/h13-15,17H,5-12H2,1-4H3. The van der Waals surface area contributed by atoms with Crippen LogP contribution >= 0.6 is 0 Å². The van der Waals surface area contributed by atoms with Gasteiger partial charge in [-0.2, -0.15) is 0 Å². The second-order valence-electron chi connectivity index (χ2n) is 6.11. The molecule has 1 atom stereocenters. The summed E-state index contributed by atoms with van der Waals surface area (Å²) in [5.74, 6) is 1.43. The summed E-state index contributed by atoms with van der Waals surface area (Å²) in [6.07, 6.45) is 7.39. The Hall–Kier alpha value is -0.0800. The van der Waals surface area contributed by atoms with Crippen LogP contribution in [0.5, 0.6) is 0 Å². The molecule has 18 heavy (non-hydrogen) atoms. The van der Waals surface area contributed by atoms with E-state index in [0.717, 1.165) is 38.0 Å². The monoisotopic (exact) mass is 256 g/mol. The normalized spacial score (nSPS) is 30.7. The van der Waals surface area contributed by atoms with Crippen LogP contribution in [0.1, 0.15) is 72.6 Å². The topological polar surface area (TPSA) is 29.5 Å². The van der Waals surface area contributed by atoms with Crippen molar-refractivity contribution in [3.63, 3.8) is 0 Å². The first-order valence-electron chi connectivity index (χ1n) is 7.89. The molecule has 0 aromatic heterocycles. The highest BCUT2D eigenvalue weighted by Gasteiger charge is 2.41. The Morgan fingerprint density at radius 2 is 1.72 bits per heavy atom. The van der Waals surface area contributed by atoms with Crippen LogP contribution in [-0.4, -0.2) is 23.4 Å². The first-order chi connectivity index (χ1) is 8.57. The number of rotatable bonds is 7. The van der Waals surface area contributed by atoms with Gasteiger partial charge in [0.2, 0.25) is 0 Å². The van der Waals surface area contributed by atoms with E-state index in [-0.39, 0.29) is 11.7 Å². The Labute approximate surface area is 113 Å². The van der Waals surface area contributed by atoms with Gasteiger partial charge in [-0.05, 0) is 50.9 Å². The lowest BCUT2D eigenvalue weighted by atomic mass is 9.74. The summed E-state index contributed by atoms with van der Waals surface area (Å²) in [7, 11) is 0. The SMILES string of the molecule is CCOC1(C(O)CC(CC)CC)CCC(C)CC1. The zero-order valence-electron chi connectivity index (χ0n) is 12.7. The zero-order valence-corrected chi connectivity index (χ0v) is 12.7. The van der Waals surface area contributed by atoms with Gasteiger partial charge in [-0.3, -0.25) is 0 Å². The molecule has 1 N–H and O–H groups in total. The van der Waals surface area contributed by atoms with Crippen molar-refractivity contribution < 1.29 is 9.84 Å². The Balaban J connectivity index is 2.65. The Morgan fingerprint density at radius 3 is 2.17 bits per heavy atom. The van der Waals surface area contributed by atoms with Crippen LogP contribution < -0.4 is 0 Å². The van der Waals surface area contributed by atoms with E-state index in [1.54, 1.807) is 0 Å². The predicted molar refractivity (Wildman–Crippen MR) is 76.7 cm³/mol. The smallest absolute Gasteiger partial charge is 0.0940 e. The second kappa shape index (κ2) is 7.49. The summed E-state index contributed by atoms with van der Waals surface area (Å²) in [5, 5.41) is 10.6. The van der Waals surface area contributed by atoms with Crippen LogP contribution in [0.15, 0.2) is 0 Å². The van der Waals surface area contributed by atoms with E-state index in [1.165, 1.54) is 12.8 Å². The van der Waals surface area contributed by atoms with Gasteiger partial charge in [0, 0.05) is 6.61 Å². The lowest BCUT2D eigenvalue weighted by Gasteiger charge is -2.43. The fraction of sp³-hybridized carbons (Fsp3) is 1.00. The van der Waals surface area contributed by atoms with Crippen LogP contribution in [0.3, 0.4) is 0 Å². The average molecular weight is 256 g/mol. The summed E-state index contributed by atoms with van der Waals surface area (Å²) in [6, 6.07) is 0. The maximum atomic E-state index is 10.6. The first-order valence-corrected chi connectivity index (χ1v) is 7.89. The number of aliphatic hydroxyl groups excluding tert-OH is 1. The lowest BCUT2D eigenvalue weighted by Crippen LogP contribution is -2.48. The lowest BCUT2D eigenvalue weighted by molar-refractivity contribution is -0.149. The third-order valence-corrected chi connectivity index (χ3v) is 4.87. The van der Waals surface area contributed by atoms with Gasteiger partial charge >= 0.3 is 0 Å². The third-order valence-electron chi connectivity index (χ3n) is 4.87. The molecule has 0 bridgehead atoms. The molecule has 108 valence electrons. The van der Waals surface area contributed by atoms with Crippen LogP contribution in [-0.2, 0) is 4.74 Å². The van der Waals surface area contributed by atoms with Crippen molar-refractivity contribution >= 4 is 0 Å². The molecule has 2 nitrogen and oxygen atoms in total. The molecule has 0 amide bonds. The van der Waals surface area contributed by atoms with Gasteiger partial charge in [0.25, 0.3) is 0 Å². The molecule has 2 heteroatoms. The number of ether oxygens (including phenoxy) is 1. The highest BCUT2D eigenvalue weighted by atomic mass is 16.5. The van der Waals surface area contributed by atoms with E-state index in [2.05, 4.69) is 20.8 Å². The molecule has 1 aliphatic carbocycles. The van der Waals surface area contributed by atoms with Gasteiger partial charge in [0.05, 0.1) is 11.7 Å². The van der Waals surface area contributed by atoms with Crippen LogP contribution in [0.4, 0.5) is 0 Å². The number of aliphatic hydroxyl groups is 1. The summed E-state index contributed by atoms with van der Waals surface area (Å²) in [6.45, 7) is 9.51. The maximum absolute atomic E-state index is 10.6. The zero-order chi connectivity index (χ0) is 13.6. The van der Waals surface area contributed by atoms with Gasteiger partial charge in [-0.15, -0.1) is 0 Å². The molecule has 0 saturated heterocycles. The molecule has 1 saturated carbocycles. The molecule has 0 aliphatic heterocycles. The van der Waals surface area contributed by atoms with Crippen molar-refractivity contribution in [2.24, 2.45) is 11.8 Å². The predicted octanol–water partition coefficient (Wildman–Crippen LogP) is 4.16. The molecular weight excluding hydrogens is 224 g/mol. The van der Waals surface area contributed by atoms with E-state index in [9.17, 15) is 5.11 Å². The van der Waals surface area contributed by atoms with Gasteiger partial charge in [-0.25, -0.2) is 0 Å². The molecule has 1 fully saturated rings. The Morgan fingerprint density at radius 1 is 1.17 bits per heavy atom. The molecule has 0 aromatic carbocycles. The van der Waals surface area contributed by atoms with Gasteiger partial charge < -0.3 is 9.84 Å². The van der Waals surface area contributed by atoms with Crippen molar-refractivity contribution in [2.75, 3.05) is 6.61 Å². The van der Waals surface area contributed by atoms with Crippen LogP contribution in [0.2, 0.25) is 0 Å². The van der Waals surface area contributed by atoms with Gasteiger partial charge in [0.1, 0.15) is 0 Å². The number of hydrogen-bond donors (Lipinski definition) is 1. The Bertz CT molecular complexity index is 215. The maximum Gasteiger partial charge on any atom is 0.0940 e. The fourth-order valence-corrected chi connectivity index (χ4v) is 3.26. The third kappa shape index (κ3) is 3.96. The van der Waals surface area contributed by atoms with Crippen LogP contribution in [0.25, 0.3) is 0 Å². The minimum atomic E-state index is -0.283. The molecule has 0 spiro atoms. The van der Waals surface area contributed by atoms with Crippen molar-refractivity contribution in [3.05, 3.63) is 0 Å². The quantitative estimate of drug-likeness (QED) is 0.741. The minimum Gasteiger partial charge on any atom is -0.390 e. The fourth-order valence-electron chi connectivity index (χ4n) is 3.26. The Kier molecular flexibility index (Phi) is 6.65. The molecule has 0 aromatic rings. The summed E-state index contributed by atoms with van der Waals surface area (Å²) in [4.78, 5) is 0. The largest absolute Gasteiger partial charge is 0.390 e. The molecule has 1 rings (SSSR count). The first kappa shape index (κ1) is 16.0. The molecule has 0 radical (unpaired) electrons. The average Bonchev–Trinajstić information content (AvgIpc) is 2.38. The highest BCUT2D eigenvalue weighted by Crippen LogP contribution is 2.39. The summed E-state index contributed by atoms with van der Waals surface area (Å²) in [5.41, 5.74) is -0.246. The van der Waals surface area contributed by atoms with Crippen molar-refractivity contribution in [3.8, 4) is 0 Å². The number of hydrogen-bond acceptors (Lipinski definition) is 2. The van der Waals surface area contributed by atoms with Crippen molar-refractivity contribution in [2.45, 2.75) is 84.3 Å². The molecule has 1 unspecified atom stereocenters. The van der Waals surface area contributed by atoms with Crippen molar-refractivity contribution in [1.29, 1.82) is 0 Å². The summed E-state index contributed by atoms with van der Waals surface area (Å²) >= 11 is 0. The minimum absolute atomic E-state index is 0.246.